The van der Waals surface area contributed by atoms with E-state index in [0.29, 0.717) is 5.92 Å². The summed E-state index contributed by atoms with van der Waals surface area (Å²) in [7, 11) is 2.13. The fourth-order valence-corrected chi connectivity index (χ4v) is 3.55. The molecule has 0 aromatic heterocycles. The van der Waals surface area contributed by atoms with Gasteiger partial charge in [0.15, 0.2) is 0 Å². The van der Waals surface area contributed by atoms with Gasteiger partial charge in [0.25, 0.3) is 0 Å². The number of anilines is 1. The van der Waals surface area contributed by atoms with Gasteiger partial charge in [0.1, 0.15) is 0 Å². The Balaban J connectivity index is 1.99. The van der Waals surface area contributed by atoms with Gasteiger partial charge in [-0.2, -0.15) is 0 Å². The maximum absolute atomic E-state index is 4.30. The molecule has 1 heterocycles. The topological polar surface area (TPSA) is 3.24 Å². The molecule has 1 atom stereocenters. The van der Waals surface area contributed by atoms with Crippen molar-refractivity contribution in [1.29, 1.82) is 0 Å². The van der Waals surface area contributed by atoms with Gasteiger partial charge in [0, 0.05) is 24.0 Å². The number of rotatable bonds is 1. The number of nitrogens with zero attached hydrogens (tertiary/aromatic N) is 1. The minimum Gasteiger partial charge on any atom is -0.348 e. The zero-order valence-corrected chi connectivity index (χ0v) is 12.8. The van der Waals surface area contributed by atoms with Gasteiger partial charge in [-0.3, -0.25) is 0 Å². The Labute approximate surface area is 131 Å². The van der Waals surface area contributed by atoms with Crippen LogP contribution in [-0.2, 0) is 0 Å². The average molecular weight is 285 g/mol. The first kappa shape index (κ1) is 13.1. The number of allylic oxidation sites excluding steroid dienone is 1. The zero-order valence-electron chi connectivity index (χ0n) is 12.8. The van der Waals surface area contributed by atoms with Gasteiger partial charge in [0.2, 0.25) is 0 Å². The molecular weight excluding hydrogens is 266 g/mol. The highest BCUT2D eigenvalue weighted by Crippen LogP contribution is 2.45. The molecule has 0 amide bonds. The van der Waals surface area contributed by atoms with Crippen molar-refractivity contribution in [3.05, 3.63) is 90.1 Å². The summed E-state index contributed by atoms with van der Waals surface area (Å²) in [5, 5.41) is 2.60. The lowest BCUT2D eigenvalue weighted by atomic mass is 9.82. The van der Waals surface area contributed by atoms with Crippen LogP contribution < -0.4 is 4.90 Å². The van der Waals surface area contributed by atoms with Crippen molar-refractivity contribution in [3.8, 4) is 0 Å². The molecule has 1 heteroatoms. The molecule has 22 heavy (non-hydrogen) atoms. The van der Waals surface area contributed by atoms with E-state index < -0.39 is 0 Å². The van der Waals surface area contributed by atoms with Gasteiger partial charge in [-0.05, 0) is 22.9 Å². The van der Waals surface area contributed by atoms with Crippen LogP contribution in [-0.4, -0.2) is 7.05 Å². The van der Waals surface area contributed by atoms with Crippen LogP contribution in [0.1, 0.15) is 23.5 Å². The molecule has 0 saturated carbocycles. The molecule has 4 rings (SSSR count). The summed E-state index contributed by atoms with van der Waals surface area (Å²) in [6.45, 7) is 4.30. The Bertz CT molecular complexity index is 848. The lowest BCUT2D eigenvalue weighted by Gasteiger charge is -2.36. The summed E-state index contributed by atoms with van der Waals surface area (Å²) in [4.78, 5) is 2.26. The predicted octanol–water partition coefficient (Wildman–Crippen LogP) is 5.33. The third-order valence-electron chi connectivity index (χ3n) is 4.76. The van der Waals surface area contributed by atoms with Gasteiger partial charge in [-0.1, -0.05) is 73.3 Å². The standard InChI is InChI=1S/C21H19N/c1-15-14-20(16-8-4-3-5-9-16)19-13-12-17-10-6-7-11-18(17)21(19)22(15)2/h3-13,20H,1,14H2,2H3. The second-order valence-electron chi connectivity index (χ2n) is 6.02. The van der Waals surface area contributed by atoms with Crippen LogP contribution in [0, 0.1) is 0 Å². The van der Waals surface area contributed by atoms with Crippen LogP contribution in [0.3, 0.4) is 0 Å². The third-order valence-corrected chi connectivity index (χ3v) is 4.76. The minimum absolute atomic E-state index is 0.393. The predicted molar refractivity (Wildman–Crippen MR) is 94.4 cm³/mol. The van der Waals surface area contributed by atoms with E-state index in [2.05, 4.69) is 85.3 Å². The van der Waals surface area contributed by atoms with E-state index in [1.165, 1.54) is 33.3 Å². The molecule has 108 valence electrons. The van der Waals surface area contributed by atoms with E-state index >= 15 is 0 Å². The van der Waals surface area contributed by atoms with Crippen LogP contribution in [0.15, 0.2) is 79.0 Å². The lowest BCUT2D eigenvalue weighted by molar-refractivity contribution is 0.742. The fraction of sp³-hybridized carbons (Fsp3) is 0.143. The Hall–Kier alpha value is -2.54. The Morgan fingerprint density at radius 2 is 1.64 bits per heavy atom. The molecule has 1 aliphatic heterocycles. The number of benzene rings is 3. The van der Waals surface area contributed by atoms with E-state index in [-0.39, 0.29) is 0 Å². The van der Waals surface area contributed by atoms with Crippen molar-refractivity contribution in [2.75, 3.05) is 11.9 Å². The number of fused-ring (bicyclic) bond motifs is 3. The maximum atomic E-state index is 4.30. The second kappa shape index (κ2) is 5.03. The van der Waals surface area contributed by atoms with Gasteiger partial charge < -0.3 is 4.90 Å². The average Bonchev–Trinajstić information content (AvgIpc) is 2.58. The van der Waals surface area contributed by atoms with E-state index in [0.717, 1.165) is 6.42 Å². The Morgan fingerprint density at radius 1 is 0.909 bits per heavy atom. The van der Waals surface area contributed by atoms with Crippen LogP contribution in [0.4, 0.5) is 5.69 Å². The monoisotopic (exact) mass is 285 g/mol. The molecule has 0 radical (unpaired) electrons. The van der Waals surface area contributed by atoms with E-state index in [1.807, 2.05) is 0 Å². The molecule has 0 N–H and O–H groups in total. The van der Waals surface area contributed by atoms with Crippen molar-refractivity contribution in [3.63, 3.8) is 0 Å². The second-order valence-corrected chi connectivity index (χ2v) is 6.02. The summed E-state index contributed by atoms with van der Waals surface area (Å²) in [6, 6.07) is 23.9. The highest BCUT2D eigenvalue weighted by molar-refractivity contribution is 5.97. The van der Waals surface area contributed by atoms with Crippen LogP contribution in [0.2, 0.25) is 0 Å². The first-order valence-corrected chi connectivity index (χ1v) is 7.74. The van der Waals surface area contributed by atoms with Crippen molar-refractivity contribution in [2.24, 2.45) is 0 Å². The molecule has 0 fully saturated rings. The van der Waals surface area contributed by atoms with Gasteiger partial charge in [0.05, 0.1) is 5.69 Å². The largest absolute Gasteiger partial charge is 0.348 e. The van der Waals surface area contributed by atoms with Crippen LogP contribution in [0.5, 0.6) is 0 Å². The molecule has 0 bridgehead atoms. The molecule has 3 aromatic carbocycles. The molecular formula is C21H19N. The third kappa shape index (κ3) is 1.93. The number of hydrogen-bond donors (Lipinski definition) is 0. The van der Waals surface area contributed by atoms with Crippen LogP contribution in [0.25, 0.3) is 10.8 Å². The lowest BCUT2D eigenvalue weighted by Crippen LogP contribution is -2.25. The van der Waals surface area contributed by atoms with Gasteiger partial charge in [-0.15, -0.1) is 0 Å². The summed E-state index contributed by atoms with van der Waals surface area (Å²) in [6.07, 6.45) is 0.978. The summed E-state index contributed by atoms with van der Waals surface area (Å²) < 4.78 is 0. The van der Waals surface area contributed by atoms with Crippen LogP contribution >= 0.6 is 0 Å². The first-order valence-electron chi connectivity index (χ1n) is 7.74. The van der Waals surface area contributed by atoms with Crippen molar-refractivity contribution >= 4 is 16.5 Å². The van der Waals surface area contributed by atoms with Gasteiger partial charge in [-0.25, -0.2) is 0 Å². The number of hydrogen-bond acceptors (Lipinski definition) is 1. The molecule has 1 nitrogen and oxygen atoms in total. The quantitative estimate of drug-likeness (QED) is 0.584. The smallest absolute Gasteiger partial charge is 0.0524 e. The molecule has 0 spiro atoms. The normalized spacial score (nSPS) is 17.6. The molecule has 0 aliphatic carbocycles. The molecule has 0 saturated heterocycles. The highest BCUT2D eigenvalue weighted by atomic mass is 15.1. The summed E-state index contributed by atoms with van der Waals surface area (Å²) in [5.74, 6) is 0.393. The molecule has 3 aromatic rings. The summed E-state index contributed by atoms with van der Waals surface area (Å²) >= 11 is 0. The SMILES string of the molecule is C=C1CC(c2ccccc2)c2ccc3ccccc3c2N1C. The van der Waals surface area contributed by atoms with E-state index in [1.54, 1.807) is 0 Å². The molecule has 1 unspecified atom stereocenters. The summed E-state index contributed by atoms with van der Waals surface area (Å²) in [5.41, 5.74) is 5.26. The zero-order chi connectivity index (χ0) is 15.1. The van der Waals surface area contributed by atoms with Gasteiger partial charge >= 0.3 is 0 Å². The fourth-order valence-electron chi connectivity index (χ4n) is 3.55. The Morgan fingerprint density at radius 3 is 2.45 bits per heavy atom. The van der Waals surface area contributed by atoms with E-state index in [9.17, 15) is 0 Å². The Kier molecular flexibility index (Phi) is 3.00. The van der Waals surface area contributed by atoms with E-state index in [4.69, 9.17) is 0 Å². The first-order chi connectivity index (χ1) is 10.8. The molecule has 1 aliphatic rings. The minimum atomic E-state index is 0.393. The van der Waals surface area contributed by atoms with Crippen molar-refractivity contribution < 1.29 is 0 Å². The highest BCUT2D eigenvalue weighted by Gasteiger charge is 2.28. The maximum Gasteiger partial charge on any atom is 0.0524 e. The van der Waals surface area contributed by atoms with Crippen molar-refractivity contribution in [2.45, 2.75) is 12.3 Å². The van der Waals surface area contributed by atoms with Crippen molar-refractivity contribution in [1.82, 2.24) is 0 Å².